The molecule has 0 unspecified atom stereocenters. The van der Waals surface area contributed by atoms with E-state index in [0.717, 1.165) is 0 Å². The Morgan fingerprint density at radius 1 is 1.32 bits per heavy atom. The van der Waals surface area contributed by atoms with Crippen LogP contribution >= 0.6 is 11.6 Å². The van der Waals surface area contributed by atoms with Gasteiger partial charge >= 0.3 is 0 Å². The van der Waals surface area contributed by atoms with E-state index in [1.807, 2.05) is 0 Å². The lowest BCUT2D eigenvalue weighted by Gasteiger charge is -2.16. The summed E-state index contributed by atoms with van der Waals surface area (Å²) < 4.78 is 31.4. The SMILES string of the molecule is CCN(C)S(=O)(=O)c1ccc(Cl)c(COCC(=O)c2cccnc2)c1. The van der Waals surface area contributed by atoms with Crippen LogP contribution < -0.4 is 0 Å². The minimum atomic E-state index is -3.57. The van der Waals surface area contributed by atoms with Crippen molar-refractivity contribution in [3.63, 3.8) is 0 Å². The lowest BCUT2D eigenvalue weighted by atomic mass is 10.2. The average Bonchev–Trinajstić information content (AvgIpc) is 2.62. The molecule has 0 N–H and O–H groups in total. The molecule has 0 spiro atoms. The summed E-state index contributed by atoms with van der Waals surface area (Å²) in [6.07, 6.45) is 3.04. The molecule has 0 aliphatic heterocycles. The molecule has 25 heavy (non-hydrogen) atoms. The monoisotopic (exact) mass is 382 g/mol. The number of ketones is 1. The van der Waals surface area contributed by atoms with Gasteiger partial charge in [-0.15, -0.1) is 0 Å². The number of Topliss-reactive ketones (excluding diaryl/α,β-unsaturated/α-hetero) is 1. The zero-order valence-electron chi connectivity index (χ0n) is 14.0. The highest BCUT2D eigenvalue weighted by molar-refractivity contribution is 7.89. The Morgan fingerprint density at radius 2 is 2.08 bits per heavy atom. The van der Waals surface area contributed by atoms with Crippen LogP contribution in [0.2, 0.25) is 5.02 Å². The molecule has 0 atom stereocenters. The number of rotatable bonds is 8. The second-order valence-electron chi connectivity index (χ2n) is 5.33. The molecule has 2 rings (SSSR count). The van der Waals surface area contributed by atoms with E-state index in [2.05, 4.69) is 4.98 Å². The zero-order chi connectivity index (χ0) is 18.4. The van der Waals surface area contributed by atoms with Crippen molar-refractivity contribution in [2.75, 3.05) is 20.2 Å². The van der Waals surface area contributed by atoms with Crippen molar-refractivity contribution < 1.29 is 17.9 Å². The third-order valence-electron chi connectivity index (χ3n) is 3.64. The van der Waals surface area contributed by atoms with E-state index in [0.29, 0.717) is 22.7 Å². The first-order chi connectivity index (χ1) is 11.9. The van der Waals surface area contributed by atoms with Crippen molar-refractivity contribution in [3.8, 4) is 0 Å². The number of pyridine rings is 1. The molecule has 0 aliphatic rings. The third-order valence-corrected chi connectivity index (χ3v) is 5.94. The van der Waals surface area contributed by atoms with Gasteiger partial charge in [-0.2, -0.15) is 0 Å². The predicted molar refractivity (Wildman–Crippen MR) is 95.2 cm³/mol. The summed E-state index contributed by atoms with van der Waals surface area (Å²) >= 11 is 6.11. The normalized spacial score (nSPS) is 11.7. The van der Waals surface area contributed by atoms with Gasteiger partial charge in [-0.1, -0.05) is 18.5 Å². The summed E-state index contributed by atoms with van der Waals surface area (Å²) in [6.45, 7) is 2.00. The van der Waals surface area contributed by atoms with Crippen molar-refractivity contribution in [2.45, 2.75) is 18.4 Å². The van der Waals surface area contributed by atoms with E-state index in [1.54, 1.807) is 25.3 Å². The van der Waals surface area contributed by atoms with E-state index in [-0.39, 0.29) is 23.9 Å². The molecule has 0 radical (unpaired) electrons. The number of aromatic nitrogens is 1. The van der Waals surface area contributed by atoms with Crippen molar-refractivity contribution >= 4 is 27.4 Å². The van der Waals surface area contributed by atoms with Crippen LogP contribution in [-0.2, 0) is 21.4 Å². The Morgan fingerprint density at radius 3 is 2.72 bits per heavy atom. The summed E-state index contributed by atoms with van der Waals surface area (Å²) in [5.41, 5.74) is 0.959. The molecule has 2 aromatic rings. The Hall–Kier alpha value is -1.80. The number of sulfonamides is 1. The quantitative estimate of drug-likeness (QED) is 0.656. The zero-order valence-corrected chi connectivity index (χ0v) is 15.5. The van der Waals surface area contributed by atoms with E-state index >= 15 is 0 Å². The number of ether oxygens (including phenoxy) is 1. The van der Waals surface area contributed by atoms with E-state index in [1.165, 1.54) is 35.7 Å². The molecule has 0 bridgehead atoms. The second-order valence-corrected chi connectivity index (χ2v) is 7.78. The number of carbonyl (C=O) groups excluding carboxylic acids is 1. The first-order valence-corrected chi connectivity index (χ1v) is 9.43. The van der Waals surface area contributed by atoms with Crippen LogP contribution in [0.25, 0.3) is 0 Å². The predicted octanol–water partition coefficient (Wildman–Crippen LogP) is 2.77. The first kappa shape index (κ1) is 19.5. The highest BCUT2D eigenvalue weighted by Gasteiger charge is 2.20. The van der Waals surface area contributed by atoms with Gasteiger partial charge in [0.05, 0.1) is 11.5 Å². The van der Waals surface area contributed by atoms with Crippen LogP contribution in [0, 0.1) is 0 Å². The van der Waals surface area contributed by atoms with Gasteiger partial charge < -0.3 is 4.74 Å². The summed E-state index contributed by atoms with van der Waals surface area (Å²) in [7, 11) is -2.06. The maximum atomic E-state index is 12.4. The fourth-order valence-corrected chi connectivity index (χ4v) is 3.44. The second kappa shape index (κ2) is 8.53. The van der Waals surface area contributed by atoms with Crippen LogP contribution in [0.4, 0.5) is 0 Å². The molecule has 1 aromatic carbocycles. The van der Waals surface area contributed by atoms with Crippen molar-refractivity contribution in [3.05, 3.63) is 58.9 Å². The minimum Gasteiger partial charge on any atom is -0.369 e. The fraction of sp³-hybridized carbons (Fsp3) is 0.294. The van der Waals surface area contributed by atoms with Gasteiger partial charge in [0, 0.05) is 36.6 Å². The largest absolute Gasteiger partial charge is 0.369 e. The Balaban J connectivity index is 2.07. The van der Waals surface area contributed by atoms with Crippen molar-refractivity contribution in [1.82, 2.24) is 9.29 Å². The minimum absolute atomic E-state index is 0.0318. The molecule has 1 aromatic heterocycles. The molecule has 8 heteroatoms. The maximum Gasteiger partial charge on any atom is 0.242 e. The van der Waals surface area contributed by atoms with Gasteiger partial charge in [0.15, 0.2) is 5.78 Å². The molecule has 6 nitrogen and oxygen atoms in total. The Bertz CT molecular complexity index is 841. The summed E-state index contributed by atoms with van der Waals surface area (Å²) in [5, 5.41) is 0.381. The van der Waals surface area contributed by atoms with E-state index < -0.39 is 10.0 Å². The number of nitrogens with zero attached hydrogens (tertiary/aromatic N) is 2. The number of hydrogen-bond acceptors (Lipinski definition) is 5. The fourth-order valence-electron chi connectivity index (χ4n) is 2.04. The molecule has 0 fully saturated rings. The van der Waals surface area contributed by atoms with Gasteiger partial charge in [-0.25, -0.2) is 12.7 Å². The highest BCUT2D eigenvalue weighted by Crippen LogP contribution is 2.23. The molecule has 0 aliphatic carbocycles. The lowest BCUT2D eigenvalue weighted by Crippen LogP contribution is -2.26. The molecule has 0 saturated carbocycles. The highest BCUT2D eigenvalue weighted by atomic mass is 35.5. The van der Waals surface area contributed by atoms with Gasteiger partial charge in [0.2, 0.25) is 10.0 Å². The van der Waals surface area contributed by atoms with Gasteiger partial charge in [-0.05, 0) is 35.9 Å². The van der Waals surface area contributed by atoms with E-state index in [9.17, 15) is 13.2 Å². The summed E-state index contributed by atoms with van der Waals surface area (Å²) in [4.78, 5) is 16.0. The van der Waals surface area contributed by atoms with Gasteiger partial charge in [-0.3, -0.25) is 9.78 Å². The maximum absolute atomic E-state index is 12.4. The lowest BCUT2D eigenvalue weighted by molar-refractivity contribution is 0.0726. The van der Waals surface area contributed by atoms with Crippen LogP contribution in [0.3, 0.4) is 0 Å². The molecule has 0 saturated heterocycles. The van der Waals surface area contributed by atoms with E-state index in [4.69, 9.17) is 16.3 Å². The number of halogens is 1. The van der Waals surface area contributed by atoms with Crippen LogP contribution in [-0.4, -0.2) is 43.7 Å². The molecular formula is C17H19ClN2O4S. The van der Waals surface area contributed by atoms with Crippen LogP contribution in [0.15, 0.2) is 47.6 Å². The molecule has 0 amide bonds. The van der Waals surface area contributed by atoms with Crippen LogP contribution in [0.5, 0.6) is 0 Å². The smallest absolute Gasteiger partial charge is 0.242 e. The topological polar surface area (TPSA) is 76.6 Å². The summed E-state index contributed by atoms with van der Waals surface area (Å²) in [5.74, 6) is -0.210. The van der Waals surface area contributed by atoms with Crippen molar-refractivity contribution in [2.24, 2.45) is 0 Å². The summed E-state index contributed by atoms with van der Waals surface area (Å²) in [6, 6.07) is 7.76. The van der Waals surface area contributed by atoms with Crippen LogP contribution in [0.1, 0.15) is 22.8 Å². The number of carbonyl (C=O) groups is 1. The number of hydrogen-bond donors (Lipinski definition) is 0. The third kappa shape index (κ3) is 4.85. The van der Waals surface area contributed by atoms with Gasteiger partial charge in [0.1, 0.15) is 6.61 Å². The molecule has 134 valence electrons. The number of benzene rings is 1. The molecular weight excluding hydrogens is 364 g/mol. The first-order valence-electron chi connectivity index (χ1n) is 7.62. The average molecular weight is 383 g/mol. The standard InChI is InChI=1S/C17H19ClN2O4S/c1-3-20(2)25(22,23)15-6-7-16(18)14(9-15)11-24-12-17(21)13-5-4-8-19-10-13/h4-10H,3,11-12H2,1-2H3. The van der Waals surface area contributed by atoms with Gasteiger partial charge in [0.25, 0.3) is 0 Å². The van der Waals surface area contributed by atoms with Crippen molar-refractivity contribution in [1.29, 1.82) is 0 Å². The Kier molecular flexibility index (Phi) is 6.66. The molecule has 1 heterocycles. The Labute approximate surface area is 152 Å².